The Morgan fingerprint density at radius 2 is 2.19 bits per heavy atom. The van der Waals surface area contributed by atoms with Crippen LogP contribution in [0.15, 0.2) is 30.1 Å². The van der Waals surface area contributed by atoms with E-state index in [1.54, 1.807) is 19.3 Å². The Bertz CT molecular complexity index is 789. The van der Waals surface area contributed by atoms with Crippen LogP contribution >= 0.6 is 0 Å². The topological polar surface area (TPSA) is 79.4 Å². The van der Waals surface area contributed by atoms with E-state index in [9.17, 15) is 13.2 Å². The number of sulfone groups is 1. The monoisotopic (exact) mass is 377 g/mol. The van der Waals surface area contributed by atoms with Crippen LogP contribution in [0.2, 0.25) is 0 Å². The smallest absolute Gasteiger partial charge is 0.255 e. The van der Waals surface area contributed by atoms with E-state index in [0.717, 1.165) is 18.7 Å². The normalized spacial score (nSPS) is 21.9. The molecule has 1 amide bonds. The molecular formula is C19H27N3O3S. The standard InChI is InChI=1S/C19H27N3O3S/c1-22(18-8-10-26(24,25)14-18)19(23)16-11-17(13-20-12-16)21-9-7-15-5-3-2-4-6-15/h5,11-13,18,21H,2-4,6-10,14H2,1H3. The van der Waals surface area contributed by atoms with E-state index in [4.69, 9.17) is 0 Å². The number of rotatable bonds is 6. The Hall–Kier alpha value is -1.89. The summed E-state index contributed by atoms with van der Waals surface area (Å²) in [6.45, 7) is 0.821. The number of amides is 1. The summed E-state index contributed by atoms with van der Waals surface area (Å²) in [7, 11) is -1.34. The van der Waals surface area contributed by atoms with Crippen molar-refractivity contribution in [2.45, 2.75) is 44.6 Å². The van der Waals surface area contributed by atoms with Crippen LogP contribution in [0, 0.1) is 0 Å². The summed E-state index contributed by atoms with van der Waals surface area (Å²) in [5.74, 6) is 0.0268. The van der Waals surface area contributed by atoms with Crippen molar-refractivity contribution in [1.82, 2.24) is 9.88 Å². The number of hydrogen-bond acceptors (Lipinski definition) is 5. The van der Waals surface area contributed by atoms with Crippen LogP contribution in [0.3, 0.4) is 0 Å². The zero-order valence-electron chi connectivity index (χ0n) is 15.3. The molecule has 3 rings (SSSR count). The number of nitrogens with zero attached hydrogens (tertiary/aromatic N) is 2. The third-order valence-corrected chi connectivity index (χ3v) is 6.97. The maximum Gasteiger partial charge on any atom is 0.255 e. The molecule has 0 aromatic carbocycles. The molecule has 1 fully saturated rings. The largest absolute Gasteiger partial charge is 0.383 e. The third-order valence-electron chi connectivity index (χ3n) is 5.22. The van der Waals surface area contributed by atoms with E-state index in [2.05, 4.69) is 16.4 Å². The molecule has 142 valence electrons. The van der Waals surface area contributed by atoms with Crippen molar-refractivity contribution in [3.63, 3.8) is 0 Å². The molecule has 26 heavy (non-hydrogen) atoms. The molecule has 7 heteroatoms. The molecule has 0 spiro atoms. The average Bonchev–Trinajstić information content (AvgIpc) is 3.01. The summed E-state index contributed by atoms with van der Waals surface area (Å²) in [6.07, 6.45) is 12.1. The van der Waals surface area contributed by atoms with Gasteiger partial charge in [-0.15, -0.1) is 0 Å². The fraction of sp³-hybridized carbons (Fsp3) is 0.579. The molecule has 1 aromatic heterocycles. The van der Waals surface area contributed by atoms with Gasteiger partial charge >= 0.3 is 0 Å². The number of allylic oxidation sites excluding steroid dienone is 1. The molecule has 1 unspecified atom stereocenters. The zero-order valence-corrected chi connectivity index (χ0v) is 16.1. The van der Waals surface area contributed by atoms with Crippen LogP contribution in [0.4, 0.5) is 5.69 Å². The van der Waals surface area contributed by atoms with Crippen LogP contribution in [-0.2, 0) is 9.84 Å². The minimum absolute atomic E-state index is 0.0513. The molecule has 1 aliphatic heterocycles. The number of carbonyl (C=O) groups is 1. The van der Waals surface area contributed by atoms with E-state index in [0.29, 0.717) is 12.0 Å². The number of pyridine rings is 1. The second kappa shape index (κ2) is 8.20. The maximum atomic E-state index is 12.7. The second-order valence-corrected chi connectivity index (χ2v) is 9.45. The third kappa shape index (κ3) is 4.84. The van der Waals surface area contributed by atoms with Gasteiger partial charge < -0.3 is 10.2 Å². The molecule has 2 heterocycles. The van der Waals surface area contributed by atoms with Gasteiger partial charge in [-0.3, -0.25) is 9.78 Å². The average molecular weight is 378 g/mol. The lowest BCUT2D eigenvalue weighted by Gasteiger charge is -2.23. The molecule has 1 saturated heterocycles. The number of nitrogens with one attached hydrogen (secondary N) is 1. The SMILES string of the molecule is CN(C(=O)c1cncc(NCCC2=CCCCC2)c1)C1CCS(=O)(=O)C1. The van der Waals surface area contributed by atoms with Gasteiger partial charge in [-0.1, -0.05) is 11.6 Å². The van der Waals surface area contributed by atoms with Gasteiger partial charge in [0.2, 0.25) is 0 Å². The van der Waals surface area contributed by atoms with Crippen molar-refractivity contribution < 1.29 is 13.2 Å². The van der Waals surface area contributed by atoms with Gasteiger partial charge in [0.1, 0.15) is 0 Å². The highest BCUT2D eigenvalue weighted by Gasteiger charge is 2.33. The van der Waals surface area contributed by atoms with E-state index < -0.39 is 9.84 Å². The Kier molecular flexibility index (Phi) is 5.96. The number of anilines is 1. The molecule has 0 radical (unpaired) electrons. The molecular weight excluding hydrogens is 350 g/mol. The summed E-state index contributed by atoms with van der Waals surface area (Å²) in [5, 5.41) is 3.34. The first-order chi connectivity index (χ1) is 12.4. The van der Waals surface area contributed by atoms with E-state index >= 15 is 0 Å². The highest BCUT2D eigenvalue weighted by Crippen LogP contribution is 2.21. The minimum Gasteiger partial charge on any atom is -0.383 e. The molecule has 1 atom stereocenters. The van der Waals surface area contributed by atoms with Crippen molar-refractivity contribution in [1.29, 1.82) is 0 Å². The molecule has 6 nitrogen and oxygen atoms in total. The first-order valence-electron chi connectivity index (χ1n) is 9.29. The first-order valence-corrected chi connectivity index (χ1v) is 11.1. The Morgan fingerprint density at radius 1 is 1.35 bits per heavy atom. The molecule has 2 aliphatic rings. The molecule has 0 bridgehead atoms. The van der Waals surface area contributed by atoms with Gasteiger partial charge in [0.15, 0.2) is 9.84 Å². The van der Waals surface area contributed by atoms with Crippen molar-refractivity contribution in [3.05, 3.63) is 35.7 Å². The summed E-state index contributed by atoms with van der Waals surface area (Å²) in [4.78, 5) is 18.4. The van der Waals surface area contributed by atoms with Crippen LogP contribution in [-0.4, -0.2) is 55.3 Å². The first kappa shape index (κ1) is 18.9. The molecule has 1 aliphatic carbocycles. The number of aromatic nitrogens is 1. The summed E-state index contributed by atoms with van der Waals surface area (Å²) in [6, 6.07) is 1.55. The lowest BCUT2D eigenvalue weighted by molar-refractivity contribution is 0.0747. The predicted octanol–water partition coefficient (Wildman–Crippen LogP) is 2.64. The van der Waals surface area contributed by atoms with Crippen molar-refractivity contribution in [2.75, 3.05) is 30.4 Å². The highest BCUT2D eigenvalue weighted by molar-refractivity contribution is 7.91. The Labute approximate surface area is 155 Å². The van der Waals surface area contributed by atoms with Crippen molar-refractivity contribution in [2.24, 2.45) is 0 Å². The lowest BCUT2D eigenvalue weighted by atomic mass is 9.97. The number of carbonyl (C=O) groups excluding carboxylic acids is 1. The van der Waals surface area contributed by atoms with Crippen molar-refractivity contribution >= 4 is 21.4 Å². The van der Waals surface area contributed by atoms with Gasteiger partial charge in [-0.2, -0.15) is 0 Å². The van der Waals surface area contributed by atoms with Gasteiger partial charge in [0, 0.05) is 32.0 Å². The van der Waals surface area contributed by atoms with E-state index in [1.807, 2.05) is 0 Å². The zero-order chi connectivity index (χ0) is 18.6. The second-order valence-electron chi connectivity index (χ2n) is 7.22. The molecule has 1 aromatic rings. The Balaban J connectivity index is 1.57. The minimum atomic E-state index is -3.01. The van der Waals surface area contributed by atoms with E-state index in [1.165, 1.54) is 42.4 Å². The quantitative estimate of drug-likeness (QED) is 0.771. The summed E-state index contributed by atoms with van der Waals surface area (Å²) in [5.41, 5.74) is 2.81. The van der Waals surface area contributed by atoms with Gasteiger partial charge in [-0.05, 0) is 44.6 Å². The highest BCUT2D eigenvalue weighted by atomic mass is 32.2. The van der Waals surface area contributed by atoms with Crippen molar-refractivity contribution in [3.8, 4) is 0 Å². The fourth-order valence-electron chi connectivity index (χ4n) is 3.60. The molecule has 0 saturated carbocycles. The summed E-state index contributed by atoms with van der Waals surface area (Å²) >= 11 is 0. The van der Waals surface area contributed by atoms with Crippen LogP contribution in [0.25, 0.3) is 0 Å². The fourth-order valence-corrected chi connectivity index (χ4v) is 5.38. The van der Waals surface area contributed by atoms with Gasteiger partial charge in [0.05, 0.1) is 22.8 Å². The maximum absolute atomic E-state index is 12.7. The van der Waals surface area contributed by atoms with Crippen LogP contribution < -0.4 is 5.32 Å². The number of hydrogen-bond donors (Lipinski definition) is 1. The van der Waals surface area contributed by atoms with Crippen LogP contribution in [0.1, 0.15) is 48.9 Å². The Morgan fingerprint density at radius 3 is 2.88 bits per heavy atom. The predicted molar refractivity (Wildman–Crippen MR) is 103 cm³/mol. The van der Waals surface area contributed by atoms with Gasteiger partial charge in [0.25, 0.3) is 5.91 Å². The lowest BCUT2D eigenvalue weighted by Crippen LogP contribution is -2.37. The summed E-state index contributed by atoms with van der Waals surface area (Å²) < 4.78 is 23.3. The molecule has 1 N–H and O–H groups in total. The van der Waals surface area contributed by atoms with E-state index in [-0.39, 0.29) is 23.5 Å². The van der Waals surface area contributed by atoms with Gasteiger partial charge in [-0.25, -0.2) is 8.42 Å². The van der Waals surface area contributed by atoms with Crippen LogP contribution in [0.5, 0.6) is 0 Å².